The number of H-pyrrole nitrogens is 1. The van der Waals surface area contributed by atoms with Crippen LogP contribution in [0.1, 0.15) is 11.4 Å². The molecule has 0 saturated carbocycles. The molecule has 0 radical (unpaired) electrons. The predicted molar refractivity (Wildman–Crippen MR) is 88.8 cm³/mol. The van der Waals surface area contributed by atoms with Crippen LogP contribution in [-0.2, 0) is 18.4 Å². The quantitative estimate of drug-likeness (QED) is 0.622. The Balaban J connectivity index is 1.98. The van der Waals surface area contributed by atoms with Crippen LogP contribution in [0, 0.1) is 4.77 Å². The molecular weight excluding hydrogens is 316 g/mol. The molecule has 1 amide bonds. The summed E-state index contributed by atoms with van der Waals surface area (Å²) >= 11 is 5.01. The van der Waals surface area contributed by atoms with Gasteiger partial charge in [0.1, 0.15) is 0 Å². The number of methoxy groups -OCH3 is 2. The number of carbonyl (C=O) groups excluding carboxylic acids is 1. The second kappa shape index (κ2) is 7.59. The van der Waals surface area contributed by atoms with Crippen molar-refractivity contribution >= 4 is 24.2 Å². The normalized spacial score (nSPS) is 10.7. The third-order valence-electron chi connectivity index (χ3n) is 3.23. The maximum Gasteiger partial charge on any atom is 0.244 e. The van der Waals surface area contributed by atoms with E-state index in [1.807, 2.05) is 6.07 Å². The molecule has 2 rings (SSSR count). The number of hydrogen-bond acceptors (Lipinski definition) is 5. The van der Waals surface area contributed by atoms with Gasteiger partial charge in [0, 0.05) is 13.1 Å². The van der Waals surface area contributed by atoms with Crippen LogP contribution < -0.4 is 14.8 Å². The molecule has 0 fully saturated rings. The summed E-state index contributed by atoms with van der Waals surface area (Å²) in [6.07, 6.45) is 3.14. The van der Waals surface area contributed by atoms with Gasteiger partial charge in [-0.05, 0) is 36.0 Å². The lowest BCUT2D eigenvalue weighted by atomic mass is 10.2. The van der Waals surface area contributed by atoms with Crippen molar-refractivity contribution in [2.45, 2.75) is 6.54 Å². The second-order valence-corrected chi connectivity index (χ2v) is 5.06. The summed E-state index contributed by atoms with van der Waals surface area (Å²) < 4.78 is 12.6. The topological polar surface area (TPSA) is 81.2 Å². The number of benzene rings is 1. The van der Waals surface area contributed by atoms with E-state index >= 15 is 0 Å². The minimum atomic E-state index is -0.228. The van der Waals surface area contributed by atoms with Crippen molar-refractivity contribution in [1.29, 1.82) is 0 Å². The molecule has 0 spiro atoms. The van der Waals surface area contributed by atoms with Crippen molar-refractivity contribution in [2.75, 3.05) is 14.2 Å². The van der Waals surface area contributed by atoms with Crippen molar-refractivity contribution in [3.05, 3.63) is 40.4 Å². The SMILES string of the molecule is COc1ccc(/C=C/C(=O)NCc2n[nH]c(=S)n2C)cc1OC. The number of hydrogen-bond donors (Lipinski definition) is 2. The molecule has 0 aliphatic heterocycles. The first-order valence-corrected chi connectivity index (χ1v) is 7.24. The Bertz CT molecular complexity index is 779. The molecule has 1 heterocycles. The summed E-state index contributed by atoms with van der Waals surface area (Å²) in [5.41, 5.74) is 0.830. The Morgan fingerprint density at radius 2 is 2.13 bits per heavy atom. The van der Waals surface area contributed by atoms with Gasteiger partial charge in [-0.2, -0.15) is 5.10 Å². The van der Waals surface area contributed by atoms with E-state index in [2.05, 4.69) is 15.5 Å². The van der Waals surface area contributed by atoms with Crippen LogP contribution in [-0.4, -0.2) is 34.9 Å². The number of nitrogens with zero attached hydrogens (tertiary/aromatic N) is 2. The highest BCUT2D eigenvalue weighted by Gasteiger charge is 2.05. The number of nitrogens with one attached hydrogen (secondary N) is 2. The van der Waals surface area contributed by atoms with Crippen molar-refractivity contribution in [1.82, 2.24) is 20.1 Å². The van der Waals surface area contributed by atoms with Crippen LogP contribution in [0.4, 0.5) is 0 Å². The summed E-state index contributed by atoms with van der Waals surface area (Å²) in [5.74, 6) is 1.67. The first kappa shape index (κ1) is 16.8. The average Bonchev–Trinajstić information content (AvgIpc) is 2.89. The zero-order valence-electron chi connectivity index (χ0n) is 13.1. The Morgan fingerprint density at radius 1 is 1.39 bits per heavy atom. The largest absolute Gasteiger partial charge is 0.493 e. The zero-order valence-corrected chi connectivity index (χ0v) is 13.9. The molecule has 122 valence electrons. The molecule has 1 aromatic carbocycles. The predicted octanol–water partition coefficient (Wildman–Crippen LogP) is 1.82. The van der Waals surface area contributed by atoms with E-state index in [4.69, 9.17) is 21.7 Å². The van der Waals surface area contributed by atoms with Gasteiger partial charge in [-0.1, -0.05) is 6.07 Å². The van der Waals surface area contributed by atoms with Crippen LogP contribution >= 0.6 is 12.2 Å². The van der Waals surface area contributed by atoms with Gasteiger partial charge in [-0.3, -0.25) is 9.89 Å². The number of amides is 1. The van der Waals surface area contributed by atoms with Gasteiger partial charge in [0.2, 0.25) is 5.91 Å². The molecule has 7 nitrogen and oxygen atoms in total. The van der Waals surface area contributed by atoms with Gasteiger partial charge in [0.05, 0.1) is 20.8 Å². The number of aromatic amines is 1. The molecule has 0 bridgehead atoms. The second-order valence-electron chi connectivity index (χ2n) is 4.67. The van der Waals surface area contributed by atoms with Crippen molar-refractivity contribution in [2.24, 2.45) is 7.05 Å². The number of carbonyl (C=O) groups is 1. The summed E-state index contributed by atoms with van der Waals surface area (Å²) in [4.78, 5) is 11.9. The van der Waals surface area contributed by atoms with Gasteiger partial charge < -0.3 is 19.4 Å². The molecule has 0 aliphatic rings. The standard InChI is InChI=1S/C15H18N4O3S/c1-19-13(17-18-15(19)23)9-16-14(20)7-5-10-4-6-11(21-2)12(8-10)22-3/h4-8H,9H2,1-3H3,(H,16,20)(H,18,23)/b7-5+. The molecular formula is C15H18N4O3S. The minimum Gasteiger partial charge on any atom is -0.493 e. The fourth-order valence-electron chi connectivity index (χ4n) is 1.89. The number of ether oxygens (including phenoxy) is 2. The van der Waals surface area contributed by atoms with E-state index in [9.17, 15) is 4.79 Å². The number of rotatable bonds is 6. The lowest BCUT2D eigenvalue weighted by Gasteiger charge is -2.07. The van der Waals surface area contributed by atoms with Crippen molar-refractivity contribution in [3.8, 4) is 11.5 Å². The van der Waals surface area contributed by atoms with E-state index in [-0.39, 0.29) is 5.91 Å². The molecule has 0 aliphatic carbocycles. The van der Waals surface area contributed by atoms with Crippen LogP contribution in [0.2, 0.25) is 0 Å². The van der Waals surface area contributed by atoms with Crippen LogP contribution in [0.15, 0.2) is 24.3 Å². The summed E-state index contributed by atoms with van der Waals surface area (Å²) in [7, 11) is 4.92. The molecule has 23 heavy (non-hydrogen) atoms. The monoisotopic (exact) mass is 334 g/mol. The van der Waals surface area contributed by atoms with E-state index in [1.54, 1.807) is 44.0 Å². The fraction of sp³-hybridized carbons (Fsp3) is 0.267. The van der Waals surface area contributed by atoms with Gasteiger partial charge >= 0.3 is 0 Å². The Hall–Kier alpha value is -2.61. The highest BCUT2D eigenvalue weighted by Crippen LogP contribution is 2.27. The Labute approximate surface area is 138 Å². The summed E-state index contributed by atoms with van der Waals surface area (Å²) in [5, 5.41) is 9.43. The third-order valence-corrected chi connectivity index (χ3v) is 3.59. The van der Waals surface area contributed by atoms with Gasteiger partial charge in [0.15, 0.2) is 22.1 Å². The summed E-state index contributed by atoms with van der Waals surface area (Å²) in [6, 6.07) is 5.41. The van der Waals surface area contributed by atoms with Crippen molar-refractivity contribution < 1.29 is 14.3 Å². The van der Waals surface area contributed by atoms with Crippen molar-refractivity contribution in [3.63, 3.8) is 0 Å². The summed E-state index contributed by atoms with van der Waals surface area (Å²) in [6.45, 7) is 0.290. The van der Waals surface area contributed by atoms with E-state index in [0.29, 0.717) is 28.6 Å². The van der Waals surface area contributed by atoms with E-state index in [1.165, 1.54) is 6.08 Å². The smallest absolute Gasteiger partial charge is 0.244 e. The van der Waals surface area contributed by atoms with Crippen LogP contribution in [0.25, 0.3) is 6.08 Å². The maximum atomic E-state index is 11.9. The molecule has 0 atom stereocenters. The molecule has 0 unspecified atom stereocenters. The maximum absolute atomic E-state index is 11.9. The number of aromatic nitrogens is 3. The molecule has 8 heteroatoms. The fourth-order valence-corrected chi connectivity index (χ4v) is 2.04. The highest BCUT2D eigenvalue weighted by molar-refractivity contribution is 7.71. The molecule has 0 saturated heterocycles. The third kappa shape index (κ3) is 4.19. The Morgan fingerprint density at radius 3 is 2.74 bits per heavy atom. The Kier molecular flexibility index (Phi) is 5.53. The minimum absolute atomic E-state index is 0.228. The first-order valence-electron chi connectivity index (χ1n) is 6.83. The van der Waals surface area contributed by atoms with Gasteiger partial charge in [0.25, 0.3) is 0 Å². The molecule has 1 aromatic heterocycles. The highest BCUT2D eigenvalue weighted by atomic mass is 32.1. The van der Waals surface area contributed by atoms with E-state index < -0.39 is 0 Å². The zero-order chi connectivity index (χ0) is 16.8. The van der Waals surface area contributed by atoms with Gasteiger partial charge in [-0.15, -0.1) is 0 Å². The lowest BCUT2D eigenvalue weighted by molar-refractivity contribution is -0.116. The first-order chi connectivity index (χ1) is 11.0. The molecule has 2 N–H and O–H groups in total. The van der Waals surface area contributed by atoms with Gasteiger partial charge in [-0.25, -0.2) is 0 Å². The molecule has 2 aromatic rings. The van der Waals surface area contributed by atoms with Crippen LogP contribution in [0.3, 0.4) is 0 Å². The van der Waals surface area contributed by atoms with E-state index in [0.717, 1.165) is 5.56 Å². The average molecular weight is 334 g/mol. The lowest BCUT2D eigenvalue weighted by Crippen LogP contribution is -2.22. The van der Waals surface area contributed by atoms with Crippen LogP contribution in [0.5, 0.6) is 11.5 Å².